The van der Waals surface area contributed by atoms with Gasteiger partial charge in [-0.05, 0) is 36.1 Å². The van der Waals surface area contributed by atoms with Crippen molar-refractivity contribution in [1.29, 1.82) is 0 Å². The van der Waals surface area contributed by atoms with Gasteiger partial charge < -0.3 is 5.73 Å². The van der Waals surface area contributed by atoms with Gasteiger partial charge in [-0.25, -0.2) is 4.98 Å². The van der Waals surface area contributed by atoms with Crippen molar-refractivity contribution in [2.45, 2.75) is 9.72 Å². The summed E-state index contributed by atoms with van der Waals surface area (Å²) in [6.45, 7) is 0. The molecule has 3 nitrogen and oxygen atoms in total. The molecule has 1 unspecified atom stereocenters. The predicted molar refractivity (Wildman–Crippen MR) is 93.2 cm³/mol. The minimum absolute atomic E-state index is 0. The number of hydrogen-bond donors (Lipinski definition) is 1. The maximum atomic E-state index is 12.3. The Balaban J connectivity index is 0.00000200. The molecule has 1 aromatic heterocycles. The molecule has 0 fully saturated rings. The van der Waals surface area contributed by atoms with Crippen LogP contribution in [0, 0.1) is 0 Å². The van der Waals surface area contributed by atoms with E-state index in [9.17, 15) is 4.79 Å². The maximum absolute atomic E-state index is 12.3. The number of carbonyl (C=O) groups is 1. The van der Waals surface area contributed by atoms with Crippen LogP contribution < -0.4 is 5.73 Å². The lowest BCUT2D eigenvalue weighted by molar-refractivity contribution is 0.0991. The molecule has 0 aliphatic heterocycles. The largest absolute Gasteiger partial charge is 0.384 e. The Bertz CT molecular complexity index is 590. The van der Waals surface area contributed by atoms with Gasteiger partial charge in [-0.1, -0.05) is 28.1 Å². The summed E-state index contributed by atoms with van der Waals surface area (Å²) in [5, 5.41) is 0. The highest BCUT2D eigenvalue weighted by Gasteiger charge is 2.19. The van der Waals surface area contributed by atoms with Crippen molar-refractivity contribution >= 4 is 56.3 Å². The van der Waals surface area contributed by atoms with Crippen molar-refractivity contribution in [1.82, 2.24) is 4.98 Å². The second kappa shape index (κ2) is 7.81. The van der Waals surface area contributed by atoms with Crippen LogP contribution in [0.1, 0.15) is 20.7 Å². The van der Waals surface area contributed by atoms with Gasteiger partial charge in [0.05, 0.1) is 0 Å². The van der Waals surface area contributed by atoms with Gasteiger partial charge in [-0.2, -0.15) is 0 Å². The summed E-state index contributed by atoms with van der Waals surface area (Å²) in [7, 11) is 0. The summed E-state index contributed by atoms with van der Waals surface area (Å²) in [4.78, 5) is 17.0. The lowest BCUT2D eigenvalue weighted by Crippen LogP contribution is -2.07. The van der Waals surface area contributed by atoms with Gasteiger partial charge in [0, 0.05) is 16.7 Å². The Hall–Kier alpha value is -0.850. The molecule has 0 amide bonds. The number of pyridine rings is 1. The Morgan fingerprint density at radius 1 is 1.30 bits per heavy atom. The molecule has 0 spiro atoms. The van der Waals surface area contributed by atoms with Crippen LogP contribution in [-0.2, 0) is 0 Å². The zero-order chi connectivity index (χ0) is 13.8. The van der Waals surface area contributed by atoms with E-state index in [0.29, 0.717) is 11.4 Å². The van der Waals surface area contributed by atoms with Gasteiger partial charge in [-0.15, -0.1) is 28.7 Å². The highest BCUT2D eigenvalue weighted by molar-refractivity contribution is 9.09. The summed E-state index contributed by atoms with van der Waals surface area (Å²) in [6, 6.07) is 11.1. The predicted octanol–water partition coefficient (Wildman–Crippen LogP) is 4.28. The molecule has 0 aliphatic rings. The van der Waals surface area contributed by atoms with E-state index in [1.807, 2.05) is 30.5 Å². The first kappa shape index (κ1) is 17.2. The van der Waals surface area contributed by atoms with Gasteiger partial charge in [-0.3, -0.25) is 4.79 Å². The molecule has 0 bridgehead atoms. The molecule has 0 saturated carbocycles. The maximum Gasteiger partial charge on any atom is 0.180 e. The van der Waals surface area contributed by atoms with E-state index in [4.69, 9.17) is 5.73 Å². The van der Waals surface area contributed by atoms with Crippen LogP contribution in [0.4, 0.5) is 5.82 Å². The molecule has 1 aromatic carbocycles. The van der Waals surface area contributed by atoms with Crippen LogP contribution in [0.15, 0.2) is 47.5 Å². The summed E-state index contributed by atoms with van der Waals surface area (Å²) < 4.78 is 0. The number of anilines is 1. The Morgan fingerprint density at radius 2 is 1.95 bits per heavy atom. The van der Waals surface area contributed by atoms with Crippen molar-refractivity contribution < 1.29 is 4.79 Å². The summed E-state index contributed by atoms with van der Waals surface area (Å²) in [5.74, 6) is 0.422. The molecule has 1 atom stereocenters. The number of benzene rings is 1. The standard InChI is InChI=1S/C14H13BrN2OS.BrH/c1-19-11-4-2-9(3-5-11)14(18)13(15)10-6-7-17-12(16)8-10;/h2-8,13H,1H3,(H2,16,17);1H. The molecule has 106 valence electrons. The fourth-order valence-electron chi connectivity index (χ4n) is 1.68. The van der Waals surface area contributed by atoms with E-state index in [0.717, 1.165) is 10.5 Å². The van der Waals surface area contributed by atoms with Crippen molar-refractivity contribution in [2.75, 3.05) is 12.0 Å². The number of halogens is 2. The number of alkyl halides is 1. The molecule has 0 radical (unpaired) electrons. The van der Waals surface area contributed by atoms with Crippen LogP contribution >= 0.6 is 44.7 Å². The molecule has 2 aromatic rings. The van der Waals surface area contributed by atoms with Gasteiger partial charge in [0.15, 0.2) is 5.78 Å². The monoisotopic (exact) mass is 416 g/mol. The molecular weight excluding hydrogens is 404 g/mol. The van der Waals surface area contributed by atoms with E-state index in [-0.39, 0.29) is 22.8 Å². The quantitative estimate of drug-likeness (QED) is 0.458. The lowest BCUT2D eigenvalue weighted by Gasteiger charge is -2.10. The van der Waals surface area contributed by atoms with Crippen LogP contribution in [0.2, 0.25) is 0 Å². The first-order chi connectivity index (χ1) is 9.11. The number of aromatic nitrogens is 1. The molecular formula is C14H14Br2N2OS. The van der Waals surface area contributed by atoms with E-state index >= 15 is 0 Å². The van der Waals surface area contributed by atoms with E-state index in [2.05, 4.69) is 20.9 Å². The SMILES string of the molecule is Br.CSc1ccc(C(=O)C(Br)c2ccnc(N)c2)cc1. The van der Waals surface area contributed by atoms with Crippen LogP contribution in [0.3, 0.4) is 0 Å². The number of thioether (sulfide) groups is 1. The summed E-state index contributed by atoms with van der Waals surface area (Å²) in [6.07, 6.45) is 3.60. The number of ketones is 1. The fraction of sp³-hybridized carbons (Fsp3) is 0.143. The van der Waals surface area contributed by atoms with Gasteiger partial charge in [0.25, 0.3) is 0 Å². The van der Waals surface area contributed by atoms with E-state index < -0.39 is 4.83 Å². The Kier molecular flexibility index (Phi) is 6.71. The number of Topliss-reactive ketones (excluding diaryl/α,β-unsaturated/α-hetero) is 1. The third kappa shape index (κ3) is 4.07. The zero-order valence-corrected chi connectivity index (χ0v) is 14.9. The number of hydrogen-bond acceptors (Lipinski definition) is 4. The molecule has 2 N–H and O–H groups in total. The highest BCUT2D eigenvalue weighted by Crippen LogP contribution is 2.28. The average Bonchev–Trinajstić information content (AvgIpc) is 2.46. The van der Waals surface area contributed by atoms with Crippen molar-refractivity contribution in [3.63, 3.8) is 0 Å². The van der Waals surface area contributed by atoms with E-state index in [1.54, 1.807) is 30.1 Å². The number of nitrogens with two attached hydrogens (primary N) is 1. The molecule has 2 rings (SSSR count). The van der Waals surface area contributed by atoms with Crippen LogP contribution in [-0.4, -0.2) is 17.0 Å². The summed E-state index contributed by atoms with van der Waals surface area (Å²) >= 11 is 5.07. The Morgan fingerprint density at radius 3 is 2.50 bits per heavy atom. The number of nitrogens with zero attached hydrogens (tertiary/aromatic N) is 1. The Labute approximate surface area is 141 Å². The molecule has 0 aliphatic carbocycles. The van der Waals surface area contributed by atoms with Crippen molar-refractivity contribution in [3.05, 3.63) is 53.7 Å². The zero-order valence-electron chi connectivity index (χ0n) is 10.7. The minimum atomic E-state index is -0.405. The fourth-order valence-corrected chi connectivity index (χ4v) is 2.63. The number of nitrogen functional groups attached to an aromatic ring is 1. The highest BCUT2D eigenvalue weighted by atomic mass is 79.9. The molecule has 20 heavy (non-hydrogen) atoms. The third-order valence-corrected chi connectivity index (χ3v) is 4.39. The van der Waals surface area contributed by atoms with E-state index in [1.165, 1.54) is 0 Å². The van der Waals surface area contributed by atoms with Crippen molar-refractivity contribution in [2.24, 2.45) is 0 Å². The van der Waals surface area contributed by atoms with Crippen LogP contribution in [0.5, 0.6) is 0 Å². The third-order valence-electron chi connectivity index (χ3n) is 2.70. The van der Waals surface area contributed by atoms with Gasteiger partial charge in [0.2, 0.25) is 0 Å². The number of rotatable bonds is 4. The van der Waals surface area contributed by atoms with Gasteiger partial charge in [0.1, 0.15) is 10.6 Å². The normalized spacial score (nSPS) is 11.5. The molecule has 6 heteroatoms. The smallest absolute Gasteiger partial charge is 0.180 e. The van der Waals surface area contributed by atoms with Gasteiger partial charge >= 0.3 is 0 Å². The minimum Gasteiger partial charge on any atom is -0.384 e. The average molecular weight is 418 g/mol. The first-order valence-electron chi connectivity index (χ1n) is 5.65. The molecule has 1 heterocycles. The van der Waals surface area contributed by atoms with Crippen molar-refractivity contribution in [3.8, 4) is 0 Å². The second-order valence-corrected chi connectivity index (χ2v) is 5.76. The number of carbonyl (C=O) groups excluding carboxylic acids is 1. The molecule has 0 saturated heterocycles. The summed E-state index contributed by atoms with van der Waals surface area (Å²) in [5.41, 5.74) is 7.11. The lowest BCUT2D eigenvalue weighted by atomic mass is 10.0. The topological polar surface area (TPSA) is 56.0 Å². The second-order valence-electron chi connectivity index (χ2n) is 3.97. The van der Waals surface area contributed by atoms with Crippen LogP contribution in [0.25, 0.3) is 0 Å². The first-order valence-corrected chi connectivity index (χ1v) is 7.79.